The van der Waals surface area contributed by atoms with E-state index in [0.29, 0.717) is 17.3 Å². The maximum absolute atomic E-state index is 11.9. The van der Waals surface area contributed by atoms with E-state index in [-0.39, 0.29) is 5.91 Å². The van der Waals surface area contributed by atoms with Crippen molar-refractivity contribution in [3.8, 4) is 0 Å². The van der Waals surface area contributed by atoms with Crippen LogP contribution in [0, 0.1) is 6.92 Å². The summed E-state index contributed by atoms with van der Waals surface area (Å²) in [5.74, 6) is -0.0586. The molecule has 0 aliphatic carbocycles. The summed E-state index contributed by atoms with van der Waals surface area (Å²) in [6.45, 7) is 4.64. The van der Waals surface area contributed by atoms with E-state index in [0.717, 1.165) is 22.9 Å². The number of nitrogens with one attached hydrogen (secondary N) is 2. The van der Waals surface area contributed by atoms with Crippen molar-refractivity contribution in [2.75, 3.05) is 6.54 Å². The Labute approximate surface area is 105 Å². The number of H-pyrrole nitrogens is 1. The van der Waals surface area contributed by atoms with Gasteiger partial charge in [0, 0.05) is 22.5 Å². The molecule has 2 N–H and O–H groups in total. The Morgan fingerprint density at radius 2 is 2.24 bits per heavy atom. The van der Waals surface area contributed by atoms with Crippen LogP contribution in [0.5, 0.6) is 0 Å². The summed E-state index contributed by atoms with van der Waals surface area (Å²) in [5.41, 5.74) is 2.50. The van der Waals surface area contributed by atoms with E-state index >= 15 is 0 Å². The molecule has 1 amide bonds. The van der Waals surface area contributed by atoms with Crippen LogP contribution in [0.2, 0.25) is 5.02 Å². The van der Waals surface area contributed by atoms with E-state index in [4.69, 9.17) is 11.6 Å². The number of carbonyl (C=O) groups excluding carboxylic acids is 1. The largest absolute Gasteiger partial charge is 0.351 e. The summed E-state index contributed by atoms with van der Waals surface area (Å²) in [5, 5.41) is 4.54. The van der Waals surface area contributed by atoms with Crippen molar-refractivity contribution < 1.29 is 4.79 Å². The van der Waals surface area contributed by atoms with Gasteiger partial charge in [0.2, 0.25) is 0 Å². The SMILES string of the molecule is CCCNC(=O)c1[nH]c2ccc(Cl)cc2c1C. The monoisotopic (exact) mass is 250 g/mol. The van der Waals surface area contributed by atoms with Gasteiger partial charge in [0.15, 0.2) is 0 Å². The van der Waals surface area contributed by atoms with Gasteiger partial charge in [-0.3, -0.25) is 4.79 Å². The molecular weight excluding hydrogens is 236 g/mol. The zero-order valence-electron chi connectivity index (χ0n) is 9.93. The van der Waals surface area contributed by atoms with E-state index in [1.165, 1.54) is 0 Å². The van der Waals surface area contributed by atoms with Gasteiger partial charge in [0.1, 0.15) is 5.69 Å². The van der Waals surface area contributed by atoms with Gasteiger partial charge in [-0.05, 0) is 37.1 Å². The quantitative estimate of drug-likeness (QED) is 0.863. The number of halogens is 1. The van der Waals surface area contributed by atoms with E-state index in [2.05, 4.69) is 10.3 Å². The molecule has 1 aromatic carbocycles. The highest BCUT2D eigenvalue weighted by Crippen LogP contribution is 2.24. The number of hydrogen-bond acceptors (Lipinski definition) is 1. The molecule has 0 saturated carbocycles. The number of aromatic nitrogens is 1. The van der Waals surface area contributed by atoms with Crippen LogP contribution in [-0.4, -0.2) is 17.4 Å². The minimum absolute atomic E-state index is 0.0586. The van der Waals surface area contributed by atoms with Gasteiger partial charge in [-0.1, -0.05) is 18.5 Å². The molecule has 90 valence electrons. The Kier molecular flexibility index (Phi) is 3.38. The molecule has 17 heavy (non-hydrogen) atoms. The van der Waals surface area contributed by atoms with Crippen LogP contribution in [0.25, 0.3) is 10.9 Å². The Hall–Kier alpha value is -1.48. The van der Waals surface area contributed by atoms with Gasteiger partial charge in [-0.2, -0.15) is 0 Å². The van der Waals surface area contributed by atoms with Crippen molar-refractivity contribution in [3.63, 3.8) is 0 Å². The molecule has 0 bridgehead atoms. The summed E-state index contributed by atoms with van der Waals surface area (Å²) in [6.07, 6.45) is 0.927. The minimum atomic E-state index is -0.0586. The smallest absolute Gasteiger partial charge is 0.268 e. The van der Waals surface area contributed by atoms with E-state index in [1.54, 1.807) is 0 Å². The molecule has 1 heterocycles. The highest BCUT2D eigenvalue weighted by molar-refractivity contribution is 6.31. The Balaban J connectivity index is 2.42. The highest BCUT2D eigenvalue weighted by Gasteiger charge is 2.14. The first-order valence-corrected chi connectivity index (χ1v) is 6.07. The van der Waals surface area contributed by atoms with Gasteiger partial charge in [-0.25, -0.2) is 0 Å². The predicted molar refractivity (Wildman–Crippen MR) is 70.7 cm³/mol. The first-order valence-electron chi connectivity index (χ1n) is 5.69. The number of rotatable bonds is 3. The lowest BCUT2D eigenvalue weighted by Gasteiger charge is -2.01. The van der Waals surface area contributed by atoms with Crippen molar-refractivity contribution in [2.24, 2.45) is 0 Å². The topological polar surface area (TPSA) is 44.9 Å². The number of carbonyl (C=O) groups is 1. The Morgan fingerprint density at radius 3 is 2.94 bits per heavy atom. The number of hydrogen-bond donors (Lipinski definition) is 2. The van der Waals surface area contributed by atoms with E-state index in [1.807, 2.05) is 32.0 Å². The van der Waals surface area contributed by atoms with Gasteiger partial charge in [0.05, 0.1) is 0 Å². The average Bonchev–Trinajstić information content (AvgIpc) is 2.64. The lowest BCUT2D eigenvalue weighted by atomic mass is 10.1. The molecule has 0 aliphatic rings. The number of benzene rings is 1. The molecule has 0 atom stereocenters. The van der Waals surface area contributed by atoms with Crippen LogP contribution < -0.4 is 5.32 Å². The van der Waals surface area contributed by atoms with E-state index < -0.39 is 0 Å². The van der Waals surface area contributed by atoms with Crippen LogP contribution in [0.15, 0.2) is 18.2 Å². The van der Waals surface area contributed by atoms with Crippen molar-refractivity contribution >= 4 is 28.4 Å². The second-order valence-electron chi connectivity index (χ2n) is 4.07. The van der Waals surface area contributed by atoms with Crippen molar-refractivity contribution in [2.45, 2.75) is 20.3 Å². The van der Waals surface area contributed by atoms with Crippen LogP contribution in [0.3, 0.4) is 0 Å². The molecule has 0 saturated heterocycles. The average molecular weight is 251 g/mol. The fourth-order valence-corrected chi connectivity index (χ4v) is 2.02. The lowest BCUT2D eigenvalue weighted by Crippen LogP contribution is -2.24. The third-order valence-electron chi connectivity index (χ3n) is 2.78. The van der Waals surface area contributed by atoms with Crippen LogP contribution in [0.1, 0.15) is 29.4 Å². The highest BCUT2D eigenvalue weighted by atomic mass is 35.5. The zero-order valence-corrected chi connectivity index (χ0v) is 10.7. The number of aryl methyl sites for hydroxylation is 1. The van der Waals surface area contributed by atoms with Crippen molar-refractivity contribution in [1.82, 2.24) is 10.3 Å². The summed E-state index contributed by atoms with van der Waals surface area (Å²) >= 11 is 5.95. The van der Waals surface area contributed by atoms with Gasteiger partial charge < -0.3 is 10.3 Å². The number of fused-ring (bicyclic) bond motifs is 1. The molecule has 3 nitrogen and oxygen atoms in total. The zero-order chi connectivity index (χ0) is 12.4. The van der Waals surface area contributed by atoms with Gasteiger partial charge in [-0.15, -0.1) is 0 Å². The maximum atomic E-state index is 11.9. The van der Waals surface area contributed by atoms with Gasteiger partial charge >= 0.3 is 0 Å². The minimum Gasteiger partial charge on any atom is -0.351 e. The Morgan fingerprint density at radius 1 is 1.47 bits per heavy atom. The fraction of sp³-hybridized carbons (Fsp3) is 0.308. The normalized spacial score (nSPS) is 10.8. The molecule has 0 aliphatic heterocycles. The van der Waals surface area contributed by atoms with Gasteiger partial charge in [0.25, 0.3) is 5.91 Å². The molecule has 2 rings (SSSR count). The lowest BCUT2D eigenvalue weighted by molar-refractivity contribution is 0.0949. The van der Waals surface area contributed by atoms with Crippen LogP contribution in [0.4, 0.5) is 0 Å². The fourth-order valence-electron chi connectivity index (χ4n) is 1.85. The molecule has 4 heteroatoms. The summed E-state index contributed by atoms with van der Waals surface area (Å²) in [4.78, 5) is 15.0. The van der Waals surface area contributed by atoms with Crippen LogP contribution in [-0.2, 0) is 0 Å². The first kappa shape index (κ1) is 12.0. The third-order valence-corrected chi connectivity index (χ3v) is 3.02. The maximum Gasteiger partial charge on any atom is 0.268 e. The third kappa shape index (κ3) is 2.29. The summed E-state index contributed by atoms with van der Waals surface area (Å²) in [7, 11) is 0. The molecule has 0 unspecified atom stereocenters. The standard InChI is InChI=1S/C13H15ClN2O/c1-3-6-15-13(17)12-8(2)10-7-9(14)4-5-11(10)16-12/h4-5,7,16H,3,6H2,1-2H3,(H,15,17). The molecule has 1 aromatic heterocycles. The second-order valence-corrected chi connectivity index (χ2v) is 4.51. The predicted octanol–water partition coefficient (Wildman–Crippen LogP) is 3.27. The molecule has 0 radical (unpaired) electrons. The first-order chi connectivity index (χ1) is 8.13. The summed E-state index contributed by atoms with van der Waals surface area (Å²) in [6, 6.07) is 5.58. The second kappa shape index (κ2) is 4.80. The molecular formula is C13H15ClN2O. The number of aromatic amines is 1. The van der Waals surface area contributed by atoms with Crippen molar-refractivity contribution in [3.05, 3.63) is 34.5 Å². The summed E-state index contributed by atoms with van der Waals surface area (Å²) < 4.78 is 0. The molecule has 0 fully saturated rings. The number of amides is 1. The van der Waals surface area contributed by atoms with E-state index in [9.17, 15) is 4.79 Å². The molecule has 0 spiro atoms. The Bertz CT molecular complexity index is 560. The van der Waals surface area contributed by atoms with Crippen molar-refractivity contribution in [1.29, 1.82) is 0 Å². The molecule has 2 aromatic rings. The van der Waals surface area contributed by atoms with Crippen LogP contribution >= 0.6 is 11.6 Å².